The average molecular weight is 460 g/mol. The van der Waals surface area contributed by atoms with Crippen molar-refractivity contribution in [2.24, 2.45) is 0 Å². The Morgan fingerprint density at radius 1 is 0.967 bits per heavy atom. The average Bonchev–Trinajstić information content (AvgIpc) is 2.75. The summed E-state index contributed by atoms with van der Waals surface area (Å²) in [4.78, 5) is 25.6. The van der Waals surface area contributed by atoms with Crippen molar-refractivity contribution in [1.29, 1.82) is 0 Å². The number of halogens is 2. The van der Waals surface area contributed by atoms with E-state index in [0.29, 0.717) is 16.3 Å². The fraction of sp³-hybridized carbons (Fsp3) is 0.130. The fourth-order valence-corrected chi connectivity index (χ4v) is 3.80. The topological polar surface area (TPSA) is 55.4 Å². The number of hydrogen-bond acceptors (Lipinski definition) is 4. The molecule has 0 saturated carbocycles. The number of ether oxygens (including phenoxy) is 1. The number of nitrogens with one attached hydrogen (secondary N) is 1. The summed E-state index contributed by atoms with van der Waals surface area (Å²) in [5.41, 5.74) is 2.30. The van der Waals surface area contributed by atoms with Gasteiger partial charge in [-0.05, 0) is 67.1 Å². The fourth-order valence-electron chi connectivity index (χ4n) is 2.62. The van der Waals surface area contributed by atoms with Crippen molar-refractivity contribution in [2.75, 3.05) is 11.9 Å². The van der Waals surface area contributed by atoms with Crippen LogP contribution in [0.25, 0.3) is 0 Å². The van der Waals surface area contributed by atoms with E-state index in [0.717, 1.165) is 16.2 Å². The summed E-state index contributed by atoms with van der Waals surface area (Å²) in [7, 11) is 0. The summed E-state index contributed by atoms with van der Waals surface area (Å²) in [5.74, 6) is -0.0194. The van der Waals surface area contributed by atoms with Crippen LogP contribution >= 0.6 is 35.0 Å². The number of rotatable bonds is 7. The highest BCUT2D eigenvalue weighted by Crippen LogP contribution is 2.25. The Balaban J connectivity index is 1.62. The van der Waals surface area contributed by atoms with Gasteiger partial charge in [0.05, 0.1) is 17.2 Å². The Morgan fingerprint density at radius 2 is 1.67 bits per heavy atom. The van der Waals surface area contributed by atoms with Gasteiger partial charge in [0.15, 0.2) is 0 Å². The van der Waals surface area contributed by atoms with Gasteiger partial charge in [0.2, 0.25) is 0 Å². The second kappa shape index (κ2) is 10.5. The number of carbonyl (C=O) groups excluding carboxylic acids is 2. The Kier molecular flexibility index (Phi) is 7.80. The molecule has 0 aliphatic rings. The molecule has 0 aliphatic carbocycles. The first-order valence-electron chi connectivity index (χ1n) is 9.21. The van der Waals surface area contributed by atoms with Crippen LogP contribution in [-0.4, -0.2) is 18.5 Å². The lowest BCUT2D eigenvalue weighted by Gasteiger charge is -2.09. The van der Waals surface area contributed by atoms with Gasteiger partial charge in [0.25, 0.3) is 5.91 Å². The number of amides is 1. The van der Waals surface area contributed by atoms with Gasteiger partial charge in [-0.2, -0.15) is 0 Å². The number of carbonyl (C=O) groups is 2. The molecule has 0 atom stereocenters. The third-order valence-electron chi connectivity index (χ3n) is 4.15. The van der Waals surface area contributed by atoms with Gasteiger partial charge in [0, 0.05) is 26.9 Å². The van der Waals surface area contributed by atoms with E-state index in [2.05, 4.69) is 5.32 Å². The molecule has 154 valence electrons. The van der Waals surface area contributed by atoms with Crippen molar-refractivity contribution in [3.8, 4) is 0 Å². The summed E-state index contributed by atoms with van der Waals surface area (Å²) < 4.78 is 4.98. The Labute approximate surface area is 189 Å². The monoisotopic (exact) mass is 459 g/mol. The highest BCUT2D eigenvalue weighted by molar-refractivity contribution is 7.98. The van der Waals surface area contributed by atoms with Gasteiger partial charge in [-0.15, -0.1) is 11.8 Å². The van der Waals surface area contributed by atoms with Crippen LogP contribution in [-0.2, 0) is 10.5 Å². The number of hydrogen-bond donors (Lipinski definition) is 1. The van der Waals surface area contributed by atoms with Crippen molar-refractivity contribution >= 4 is 52.5 Å². The molecule has 0 spiro atoms. The molecule has 7 heteroatoms. The maximum atomic E-state index is 12.6. The molecule has 1 N–H and O–H groups in total. The van der Waals surface area contributed by atoms with E-state index < -0.39 is 5.97 Å². The van der Waals surface area contributed by atoms with E-state index in [4.69, 9.17) is 27.9 Å². The van der Waals surface area contributed by atoms with Crippen LogP contribution in [0.4, 0.5) is 5.69 Å². The lowest BCUT2D eigenvalue weighted by atomic mass is 10.1. The van der Waals surface area contributed by atoms with Crippen molar-refractivity contribution in [3.05, 3.63) is 93.5 Å². The zero-order valence-corrected chi connectivity index (χ0v) is 18.5. The van der Waals surface area contributed by atoms with Gasteiger partial charge in [-0.1, -0.05) is 35.3 Å². The molecule has 0 unspecified atom stereocenters. The highest BCUT2D eigenvalue weighted by Gasteiger charge is 2.14. The first kappa shape index (κ1) is 22.2. The quantitative estimate of drug-likeness (QED) is 0.314. The van der Waals surface area contributed by atoms with Crippen LogP contribution in [0, 0.1) is 0 Å². The molecule has 1 amide bonds. The van der Waals surface area contributed by atoms with Gasteiger partial charge in [-0.3, -0.25) is 4.79 Å². The van der Waals surface area contributed by atoms with Gasteiger partial charge in [-0.25, -0.2) is 4.79 Å². The molecule has 0 fully saturated rings. The lowest BCUT2D eigenvalue weighted by molar-refractivity contribution is 0.0526. The second-order valence-electron chi connectivity index (χ2n) is 6.31. The Morgan fingerprint density at radius 3 is 2.33 bits per heavy atom. The molecule has 3 aromatic rings. The highest BCUT2D eigenvalue weighted by atomic mass is 35.5. The summed E-state index contributed by atoms with van der Waals surface area (Å²) in [6.45, 7) is 1.96. The summed E-state index contributed by atoms with van der Waals surface area (Å²) in [6.07, 6.45) is 0. The Bertz CT molecular complexity index is 1040. The number of esters is 1. The third kappa shape index (κ3) is 6.02. The lowest BCUT2D eigenvalue weighted by Crippen LogP contribution is -2.13. The van der Waals surface area contributed by atoms with Gasteiger partial charge < -0.3 is 10.1 Å². The molecule has 0 radical (unpaired) electrons. The second-order valence-corrected chi connectivity index (χ2v) is 8.20. The van der Waals surface area contributed by atoms with E-state index in [9.17, 15) is 9.59 Å². The normalized spacial score (nSPS) is 10.5. The van der Waals surface area contributed by atoms with Crippen LogP contribution < -0.4 is 5.32 Å². The van der Waals surface area contributed by atoms with Gasteiger partial charge >= 0.3 is 5.97 Å². The first-order chi connectivity index (χ1) is 14.5. The SMILES string of the molecule is CCOC(=O)c1cc(NC(=O)c2ccc(CSc3ccc(Cl)cc3)cc2)ccc1Cl. The Hall–Kier alpha value is -2.47. The molecule has 0 heterocycles. The van der Waals surface area contributed by atoms with Crippen molar-refractivity contribution in [1.82, 2.24) is 0 Å². The van der Waals surface area contributed by atoms with Gasteiger partial charge in [0.1, 0.15) is 0 Å². The van der Waals surface area contributed by atoms with E-state index in [1.165, 1.54) is 6.07 Å². The summed E-state index contributed by atoms with van der Waals surface area (Å²) in [5, 5.41) is 3.77. The standard InChI is InChI=1S/C23H19Cl2NO3S/c1-2-29-23(28)20-13-18(9-12-21(20)25)26-22(27)16-5-3-15(4-6-16)14-30-19-10-7-17(24)8-11-19/h3-13H,2,14H2,1H3,(H,26,27). The molecule has 0 bridgehead atoms. The van der Waals surface area contributed by atoms with Crippen LogP contribution in [0.15, 0.2) is 71.6 Å². The van der Waals surface area contributed by atoms with Crippen LogP contribution in [0.1, 0.15) is 33.2 Å². The van der Waals surface area contributed by atoms with Crippen LogP contribution in [0.5, 0.6) is 0 Å². The van der Waals surface area contributed by atoms with Crippen LogP contribution in [0.3, 0.4) is 0 Å². The van der Waals surface area contributed by atoms with Crippen molar-refractivity contribution < 1.29 is 14.3 Å². The van der Waals surface area contributed by atoms with Crippen molar-refractivity contribution in [3.63, 3.8) is 0 Å². The van der Waals surface area contributed by atoms with E-state index in [1.807, 2.05) is 36.4 Å². The predicted octanol–water partition coefficient (Wildman–Crippen LogP) is 6.71. The number of anilines is 1. The largest absolute Gasteiger partial charge is 0.462 e. The first-order valence-corrected chi connectivity index (χ1v) is 11.0. The smallest absolute Gasteiger partial charge is 0.339 e. The third-order valence-corrected chi connectivity index (χ3v) is 5.82. The van der Waals surface area contributed by atoms with E-state index >= 15 is 0 Å². The number of benzene rings is 3. The minimum atomic E-state index is -0.527. The molecule has 3 aromatic carbocycles. The molecule has 0 aromatic heterocycles. The minimum absolute atomic E-state index is 0.214. The summed E-state index contributed by atoms with van der Waals surface area (Å²) in [6, 6.07) is 19.8. The van der Waals surface area contributed by atoms with E-state index in [-0.39, 0.29) is 23.1 Å². The molecule has 30 heavy (non-hydrogen) atoms. The zero-order chi connectivity index (χ0) is 21.5. The van der Waals surface area contributed by atoms with Crippen molar-refractivity contribution in [2.45, 2.75) is 17.6 Å². The molecular formula is C23H19Cl2NO3S. The molecule has 0 aliphatic heterocycles. The molecule has 3 rings (SSSR count). The van der Waals surface area contributed by atoms with E-state index in [1.54, 1.807) is 43.0 Å². The summed E-state index contributed by atoms with van der Waals surface area (Å²) >= 11 is 13.7. The van der Waals surface area contributed by atoms with Crippen LogP contribution in [0.2, 0.25) is 10.0 Å². The minimum Gasteiger partial charge on any atom is -0.462 e. The molecule has 4 nitrogen and oxygen atoms in total. The molecule has 0 saturated heterocycles. The maximum absolute atomic E-state index is 12.6. The zero-order valence-electron chi connectivity index (χ0n) is 16.2. The molecular weight excluding hydrogens is 441 g/mol. The maximum Gasteiger partial charge on any atom is 0.339 e. The predicted molar refractivity (Wildman–Crippen MR) is 123 cm³/mol. The number of thioether (sulfide) groups is 1.